The highest BCUT2D eigenvalue weighted by atomic mass is 32.2. The van der Waals surface area contributed by atoms with Crippen LogP contribution in [0, 0.1) is 6.92 Å². The summed E-state index contributed by atoms with van der Waals surface area (Å²) in [6.45, 7) is 1.89. The lowest BCUT2D eigenvalue weighted by atomic mass is 10.0. The molecule has 0 aliphatic heterocycles. The third kappa shape index (κ3) is 3.79. The molecule has 9 heteroatoms. The summed E-state index contributed by atoms with van der Waals surface area (Å²) < 4.78 is 51.6. The molecule has 0 radical (unpaired) electrons. The van der Waals surface area contributed by atoms with Crippen LogP contribution in [0.5, 0.6) is 0 Å². The Balaban J connectivity index is 1.94. The van der Waals surface area contributed by atoms with Gasteiger partial charge in [-0.05, 0) is 44.0 Å². The van der Waals surface area contributed by atoms with Gasteiger partial charge >= 0.3 is 0 Å². The van der Waals surface area contributed by atoms with Gasteiger partial charge in [-0.15, -0.1) is 11.3 Å². The highest BCUT2D eigenvalue weighted by Crippen LogP contribution is 2.41. The van der Waals surface area contributed by atoms with Gasteiger partial charge in [-0.25, -0.2) is 21.8 Å². The number of aryl methyl sites for hydroxylation is 1. The van der Waals surface area contributed by atoms with E-state index in [1.54, 1.807) is 0 Å². The molecule has 1 aliphatic carbocycles. The number of sulfone groups is 1. The predicted molar refractivity (Wildman–Crippen MR) is 96.9 cm³/mol. The maximum Gasteiger partial charge on any atom is 0.241 e. The molecule has 1 aromatic heterocycles. The minimum atomic E-state index is -3.78. The summed E-state index contributed by atoms with van der Waals surface area (Å²) in [4.78, 5) is 4.65. The molecule has 136 valence electrons. The predicted octanol–water partition coefficient (Wildman–Crippen LogP) is 2.60. The molecule has 6 nitrogen and oxygen atoms in total. The average molecular weight is 401 g/mol. The summed E-state index contributed by atoms with van der Waals surface area (Å²) in [5.41, 5.74) is 0.204. The summed E-state index contributed by atoms with van der Waals surface area (Å²) in [5, 5.41) is 2.71. The Hall–Kier alpha value is -1.29. The van der Waals surface area contributed by atoms with Gasteiger partial charge < -0.3 is 0 Å². The second-order valence-electron chi connectivity index (χ2n) is 6.43. The normalized spacial score (nSPS) is 17.7. The van der Waals surface area contributed by atoms with Gasteiger partial charge in [-0.1, -0.05) is 12.8 Å². The van der Waals surface area contributed by atoms with Crippen molar-refractivity contribution in [1.82, 2.24) is 9.71 Å². The van der Waals surface area contributed by atoms with Gasteiger partial charge in [-0.2, -0.15) is 4.72 Å². The molecule has 3 rings (SSSR count). The van der Waals surface area contributed by atoms with Crippen molar-refractivity contribution in [3.63, 3.8) is 0 Å². The van der Waals surface area contributed by atoms with Crippen molar-refractivity contribution in [2.75, 3.05) is 6.26 Å². The number of thiazole rings is 1. The van der Waals surface area contributed by atoms with E-state index in [-0.39, 0.29) is 9.79 Å². The van der Waals surface area contributed by atoms with Gasteiger partial charge in [0.05, 0.1) is 15.3 Å². The Morgan fingerprint density at radius 3 is 2.08 bits per heavy atom. The Bertz CT molecular complexity index is 971. The molecule has 1 heterocycles. The van der Waals surface area contributed by atoms with E-state index < -0.39 is 25.4 Å². The van der Waals surface area contributed by atoms with Crippen LogP contribution in [0.25, 0.3) is 0 Å². The lowest BCUT2D eigenvalue weighted by Crippen LogP contribution is -2.43. The molecule has 0 bridgehead atoms. The zero-order chi connectivity index (χ0) is 18.3. The van der Waals surface area contributed by atoms with Crippen LogP contribution in [0.1, 0.15) is 36.4 Å². The molecule has 2 aromatic rings. The molecule has 1 aliphatic rings. The van der Waals surface area contributed by atoms with Crippen LogP contribution in [0.15, 0.2) is 39.4 Å². The minimum Gasteiger partial charge on any atom is -0.245 e. The number of hydrogen-bond acceptors (Lipinski definition) is 6. The van der Waals surface area contributed by atoms with Crippen molar-refractivity contribution >= 4 is 31.2 Å². The highest BCUT2D eigenvalue weighted by molar-refractivity contribution is 7.90. The van der Waals surface area contributed by atoms with E-state index in [4.69, 9.17) is 0 Å². The quantitative estimate of drug-likeness (QED) is 0.833. The van der Waals surface area contributed by atoms with E-state index in [2.05, 4.69) is 9.71 Å². The Morgan fingerprint density at radius 1 is 1.04 bits per heavy atom. The molecule has 0 spiro atoms. The van der Waals surface area contributed by atoms with Crippen molar-refractivity contribution in [3.8, 4) is 0 Å². The van der Waals surface area contributed by atoms with Gasteiger partial charge in [0, 0.05) is 17.3 Å². The standard InChI is InChI=1S/C16H20N2O4S3/c1-12-11-23-15(17-12)16(9-3-4-10-16)18-25(21,22)14-7-5-13(6-8-14)24(2,19)20/h5-8,11,18H,3-4,9-10H2,1-2H3. The van der Waals surface area contributed by atoms with Crippen LogP contribution in [-0.4, -0.2) is 28.1 Å². The van der Waals surface area contributed by atoms with E-state index in [1.807, 2.05) is 12.3 Å². The monoisotopic (exact) mass is 400 g/mol. The first-order valence-electron chi connectivity index (χ1n) is 7.89. The first kappa shape index (κ1) is 18.5. The van der Waals surface area contributed by atoms with Gasteiger partial charge in [0.2, 0.25) is 10.0 Å². The van der Waals surface area contributed by atoms with E-state index in [0.717, 1.165) is 29.8 Å². The molecule has 0 atom stereocenters. The van der Waals surface area contributed by atoms with Gasteiger partial charge in [0.15, 0.2) is 9.84 Å². The van der Waals surface area contributed by atoms with Gasteiger partial charge in [0.1, 0.15) is 5.01 Å². The molecule has 1 saturated carbocycles. The van der Waals surface area contributed by atoms with Gasteiger partial charge in [-0.3, -0.25) is 0 Å². The number of rotatable bonds is 5. The first-order chi connectivity index (χ1) is 11.6. The molecule has 0 unspecified atom stereocenters. The van der Waals surface area contributed by atoms with E-state index in [1.165, 1.54) is 35.6 Å². The van der Waals surface area contributed by atoms with Crippen LogP contribution >= 0.6 is 11.3 Å². The third-order valence-corrected chi connectivity index (χ3v) is 8.22. The number of nitrogens with one attached hydrogen (secondary N) is 1. The molecule has 1 fully saturated rings. The summed E-state index contributed by atoms with van der Waals surface area (Å²) in [6.07, 6.45) is 4.39. The maximum absolute atomic E-state index is 12.9. The largest absolute Gasteiger partial charge is 0.245 e. The lowest BCUT2D eigenvalue weighted by molar-refractivity contribution is 0.402. The van der Waals surface area contributed by atoms with E-state index in [9.17, 15) is 16.8 Å². The summed E-state index contributed by atoms with van der Waals surface area (Å²) >= 11 is 1.47. The zero-order valence-corrected chi connectivity index (χ0v) is 16.5. The van der Waals surface area contributed by atoms with Gasteiger partial charge in [0.25, 0.3) is 0 Å². The smallest absolute Gasteiger partial charge is 0.241 e. The summed E-state index contributed by atoms with van der Waals surface area (Å²) in [5.74, 6) is 0. The molecular weight excluding hydrogens is 380 g/mol. The first-order valence-corrected chi connectivity index (χ1v) is 12.1. The molecule has 0 saturated heterocycles. The number of hydrogen-bond donors (Lipinski definition) is 1. The number of aromatic nitrogens is 1. The van der Waals surface area contributed by atoms with Crippen LogP contribution in [-0.2, 0) is 25.4 Å². The van der Waals surface area contributed by atoms with Crippen molar-refractivity contribution in [1.29, 1.82) is 0 Å². The lowest BCUT2D eigenvalue weighted by Gasteiger charge is -2.27. The SMILES string of the molecule is Cc1csc(C2(NS(=O)(=O)c3ccc(S(C)(=O)=O)cc3)CCCC2)n1. The second-order valence-corrected chi connectivity index (χ2v) is 11.0. The maximum atomic E-state index is 12.9. The molecular formula is C16H20N2O4S3. The van der Waals surface area contributed by atoms with Crippen molar-refractivity contribution in [2.24, 2.45) is 0 Å². The van der Waals surface area contributed by atoms with Crippen LogP contribution in [0.2, 0.25) is 0 Å². The molecule has 1 N–H and O–H groups in total. The second kappa shape index (κ2) is 6.46. The average Bonchev–Trinajstić information content (AvgIpc) is 3.16. The summed E-state index contributed by atoms with van der Waals surface area (Å²) in [6, 6.07) is 5.29. The van der Waals surface area contributed by atoms with E-state index >= 15 is 0 Å². The number of benzene rings is 1. The number of nitrogens with zero attached hydrogens (tertiary/aromatic N) is 1. The third-order valence-electron chi connectivity index (χ3n) is 4.38. The Labute approximate surface area is 152 Å². The fraction of sp³-hybridized carbons (Fsp3) is 0.438. The molecule has 0 amide bonds. The van der Waals surface area contributed by atoms with Crippen molar-refractivity contribution in [2.45, 2.75) is 47.9 Å². The molecule has 1 aromatic carbocycles. The van der Waals surface area contributed by atoms with Crippen LogP contribution in [0.4, 0.5) is 0 Å². The summed E-state index contributed by atoms with van der Waals surface area (Å²) in [7, 11) is -7.14. The zero-order valence-electron chi connectivity index (χ0n) is 14.0. The van der Waals surface area contributed by atoms with Crippen LogP contribution < -0.4 is 4.72 Å². The van der Waals surface area contributed by atoms with Crippen molar-refractivity contribution < 1.29 is 16.8 Å². The minimum absolute atomic E-state index is 0.0550. The van der Waals surface area contributed by atoms with E-state index in [0.29, 0.717) is 12.8 Å². The van der Waals surface area contributed by atoms with Crippen molar-refractivity contribution in [3.05, 3.63) is 40.3 Å². The Morgan fingerprint density at radius 2 is 1.60 bits per heavy atom. The highest BCUT2D eigenvalue weighted by Gasteiger charge is 2.41. The number of sulfonamides is 1. The van der Waals surface area contributed by atoms with Crippen LogP contribution in [0.3, 0.4) is 0 Å². The molecule has 25 heavy (non-hydrogen) atoms. The fourth-order valence-electron chi connectivity index (χ4n) is 3.09. The Kier molecular flexibility index (Phi) is 4.78. The topological polar surface area (TPSA) is 93.2 Å². The fourth-order valence-corrected chi connectivity index (χ4v) is 6.23.